The molecule has 0 aromatic heterocycles. The number of carbonyl (C=O) groups excluding carboxylic acids is 1. The van der Waals surface area contributed by atoms with Gasteiger partial charge in [-0.25, -0.2) is 8.42 Å². The van der Waals surface area contributed by atoms with Crippen LogP contribution in [0.4, 0.5) is 5.69 Å². The van der Waals surface area contributed by atoms with Crippen LogP contribution in [-0.2, 0) is 21.2 Å². The van der Waals surface area contributed by atoms with Gasteiger partial charge in [-0.15, -0.1) is 0 Å². The summed E-state index contributed by atoms with van der Waals surface area (Å²) in [5.74, 6) is 0.138. The fraction of sp³-hybridized carbons (Fsp3) is 0.174. The summed E-state index contributed by atoms with van der Waals surface area (Å²) in [7, 11) is -2.37. The number of sulfonamides is 1. The van der Waals surface area contributed by atoms with Gasteiger partial charge in [0.05, 0.1) is 24.2 Å². The SMILES string of the molecule is COc1ccc(S(=O)(=O)N(CCc2ccccc2)CC(=O)Nc2ccccc2Br)cc1. The third kappa shape index (κ3) is 6.16. The summed E-state index contributed by atoms with van der Waals surface area (Å²) in [6, 6.07) is 22.9. The van der Waals surface area contributed by atoms with Gasteiger partial charge in [-0.1, -0.05) is 42.5 Å². The first kappa shape index (κ1) is 23.0. The largest absolute Gasteiger partial charge is 0.497 e. The maximum Gasteiger partial charge on any atom is 0.243 e. The van der Waals surface area contributed by atoms with E-state index in [2.05, 4.69) is 21.2 Å². The molecule has 6 nitrogen and oxygen atoms in total. The van der Waals surface area contributed by atoms with Crippen molar-refractivity contribution in [3.63, 3.8) is 0 Å². The minimum Gasteiger partial charge on any atom is -0.497 e. The summed E-state index contributed by atoms with van der Waals surface area (Å²) in [6.45, 7) is -0.135. The molecule has 0 heterocycles. The smallest absolute Gasteiger partial charge is 0.243 e. The van der Waals surface area contributed by atoms with Crippen LogP contribution in [-0.4, -0.2) is 38.8 Å². The number of nitrogens with one attached hydrogen (secondary N) is 1. The van der Waals surface area contributed by atoms with Crippen LogP contribution in [0.5, 0.6) is 5.75 Å². The Morgan fingerprint density at radius 1 is 0.968 bits per heavy atom. The second-order valence-corrected chi connectivity index (χ2v) is 9.57. The van der Waals surface area contributed by atoms with E-state index in [1.807, 2.05) is 36.4 Å². The Hall–Kier alpha value is -2.68. The predicted octanol–water partition coefficient (Wildman–Crippen LogP) is 4.33. The molecule has 1 amide bonds. The zero-order chi connectivity index (χ0) is 22.3. The highest BCUT2D eigenvalue weighted by Crippen LogP contribution is 2.23. The minimum absolute atomic E-state index is 0.107. The Labute approximate surface area is 191 Å². The Balaban J connectivity index is 1.82. The molecule has 0 saturated carbocycles. The molecule has 0 fully saturated rings. The number of amides is 1. The topological polar surface area (TPSA) is 75.7 Å². The van der Waals surface area contributed by atoms with Crippen LogP contribution < -0.4 is 10.1 Å². The highest BCUT2D eigenvalue weighted by Gasteiger charge is 2.26. The van der Waals surface area contributed by atoms with Crippen molar-refractivity contribution in [3.8, 4) is 5.75 Å². The minimum atomic E-state index is -3.89. The first-order chi connectivity index (χ1) is 14.9. The number of halogens is 1. The van der Waals surface area contributed by atoms with Gasteiger partial charge < -0.3 is 10.1 Å². The summed E-state index contributed by atoms with van der Waals surface area (Å²) in [6.07, 6.45) is 0.485. The van der Waals surface area contributed by atoms with Crippen molar-refractivity contribution in [1.29, 1.82) is 0 Å². The number of hydrogen-bond acceptors (Lipinski definition) is 4. The van der Waals surface area contributed by atoms with Gasteiger partial charge in [0.25, 0.3) is 0 Å². The number of carbonyl (C=O) groups is 1. The zero-order valence-corrected chi connectivity index (χ0v) is 19.4. The average Bonchev–Trinajstić information content (AvgIpc) is 2.78. The monoisotopic (exact) mass is 502 g/mol. The van der Waals surface area contributed by atoms with E-state index < -0.39 is 15.9 Å². The lowest BCUT2D eigenvalue weighted by molar-refractivity contribution is -0.116. The van der Waals surface area contributed by atoms with E-state index in [4.69, 9.17) is 4.74 Å². The molecule has 3 aromatic rings. The molecule has 0 bridgehead atoms. The molecule has 0 saturated heterocycles. The average molecular weight is 503 g/mol. The molecule has 3 aromatic carbocycles. The summed E-state index contributed by atoms with van der Waals surface area (Å²) in [4.78, 5) is 12.8. The van der Waals surface area contributed by atoms with Crippen LogP contribution in [0.15, 0.2) is 88.2 Å². The van der Waals surface area contributed by atoms with Crippen LogP contribution in [0, 0.1) is 0 Å². The number of benzene rings is 3. The van der Waals surface area contributed by atoms with Crippen LogP contribution in [0.3, 0.4) is 0 Å². The zero-order valence-electron chi connectivity index (χ0n) is 17.0. The molecule has 0 radical (unpaired) electrons. The van der Waals surface area contributed by atoms with E-state index in [9.17, 15) is 13.2 Å². The van der Waals surface area contributed by atoms with Gasteiger partial charge in [-0.05, 0) is 64.3 Å². The lowest BCUT2D eigenvalue weighted by Gasteiger charge is -2.22. The predicted molar refractivity (Wildman–Crippen MR) is 125 cm³/mol. The maximum atomic E-state index is 13.3. The first-order valence-corrected chi connectivity index (χ1v) is 11.9. The van der Waals surface area contributed by atoms with Crippen LogP contribution in [0.25, 0.3) is 0 Å². The number of nitrogens with zero attached hydrogens (tertiary/aromatic N) is 1. The molecule has 162 valence electrons. The molecule has 8 heteroatoms. The number of anilines is 1. The molecule has 0 atom stereocenters. The van der Waals surface area contributed by atoms with Crippen LogP contribution in [0.2, 0.25) is 0 Å². The lowest BCUT2D eigenvalue weighted by Crippen LogP contribution is -2.39. The maximum absolute atomic E-state index is 13.3. The summed E-state index contributed by atoms with van der Waals surface area (Å²) < 4.78 is 33.6. The van der Waals surface area contributed by atoms with Crippen molar-refractivity contribution < 1.29 is 17.9 Å². The quantitative estimate of drug-likeness (QED) is 0.472. The van der Waals surface area contributed by atoms with Crippen molar-refractivity contribution in [2.45, 2.75) is 11.3 Å². The molecule has 1 N–H and O–H groups in total. The van der Waals surface area contributed by atoms with Crippen molar-refractivity contribution >= 4 is 37.5 Å². The summed E-state index contributed by atoms with van der Waals surface area (Å²) >= 11 is 3.38. The molecular formula is C23H23BrN2O4S. The van der Waals surface area contributed by atoms with E-state index >= 15 is 0 Å². The van der Waals surface area contributed by atoms with Gasteiger partial charge in [0.1, 0.15) is 5.75 Å². The molecule has 0 spiro atoms. The number of ether oxygens (including phenoxy) is 1. The highest BCUT2D eigenvalue weighted by atomic mass is 79.9. The van der Waals surface area contributed by atoms with Crippen molar-refractivity contribution in [1.82, 2.24) is 4.31 Å². The van der Waals surface area contributed by atoms with Crippen molar-refractivity contribution in [2.75, 3.05) is 25.5 Å². The first-order valence-electron chi connectivity index (χ1n) is 9.62. The van der Waals surface area contributed by atoms with E-state index in [-0.39, 0.29) is 18.0 Å². The Kier molecular flexibility index (Phi) is 7.84. The van der Waals surface area contributed by atoms with Gasteiger partial charge in [-0.3, -0.25) is 4.79 Å². The lowest BCUT2D eigenvalue weighted by atomic mass is 10.1. The third-order valence-corrected chi connectivity index (χ3v) is 7.21. The van der Waals surface area contributed by atoms with Gasteiger partial charge >= 0.3 is 0 Å². The van der Waals surface area contributed by atoms with E-state index in [1.54, 1.807) is 30.3 Å². The standard InChI is InChI=1S/C23H23BrN2O4S/c1-30-19-11-13-20(14-12-19)31(28,29)26(16-15-18-7-3-2-4-8-18)17-23(27)25-22-10-6-5-9-21(22)24/h2-14H,15-17H2,1H3,(H,25,27). The molecular weight excluding hydrogens is 480 g/mol. The van der Waals surface area contributed by atoms with Gasteiger partial charge in [0.15, 0.2) is 0 Å². The fourth-order valence-electron chi connectivity index (χ4n) is 2.99. The van der Waals surface area contributed by atoms with Crippen molar-refractivity contribution in [3.05, 3.63) is 88.9 Å². The van der Waals surface area contributed by atoms with Gasteiger partial charge in [-0.2, -0.15) is 4.31 Å². The summed E-state index contributed by atoms with van der Waals surface area (Å²) in [5.41, 5.74) is 1.57. The van der Waals surface area contributed by atoms with Crippen LogP contribution >= 0.6 is 15.9 Å². The number of para-hydroxylation sites is 1. The Morgan fingerprint density at radius 2 is 1.61 bits per heavy atom. The number of rotatable bonds is 9. The molecule has 0 aliphatic heterocycles. The molecule has 0 aliphatic rings. The normalized spacial score (nSPS) is 11.3. The van der Waals surface area contributed by atoms with E-state index in [1.165, 1.54) is 23.5 Å². The number of methoxy groups -OCH3 is 1. The molecule has 31 heavy (non-hydrogen) atoms. The Morgan fingerprint density at radius 3 is 2.26 bits per heavy atom. The third-order valence-electron chi connectivity index (χ3n) is 4.66. The van der Waals surface area contributed by atoms with Gasteiger partial charge in [0.2, 0.25) is 15.9 Å². The second-order valence-electron chi connectivity index (χ2n) is 6.78. The van der Waals surface area contributed by atoms with E-state index in [0.717, 1.165) is 10.0 Å². The van der Waals surface area contributed by atoms with Gasteiger partial charge in [0, 0.05) is 11.0 Å². The molecule has 3 rings (SSSR count). The Bertz CT molecular complexity index is 1120. The van der Waals surface area contributed by atoms with Crippen molar-refractivity contribution in [2.24, 2.45) is 0 Å². The van der Waals surface area contributed by atoms with E-state index in [0.29, 0.717) is 17.9 Å². The number of hydrogen-bond donors (Lipinski definition) is 1. The van der Waals surface area contributed by atoms with Crippen LogP contribution in [0.1, 0.15) is 5.56 Å². The summed E-state index contributed by atoms with van der Waals surface area (Å²) in [5, 5.41) is 2.77. The highest BCUT2D eigenvalue weighted by molar-refractivity contribution is 9.10. The second kappa shape index (κ2) is 10.6. The molecule has 0 aliphatic carbocycles. The molecule has 0 unspecified atom stereocenters. The fourth-order valence-corrected chi connectivity index (χ4v) is 4.77.